The SMILES string of the molecule is Cc1ccc(-c2cc(-c3ccccc3)cc3c2sc2ccc4ccccc4c23)cc1. The standard InChI is InChI=1S/C29H20S/c1-19-11-13-22(14-12-19)25-17-23(20-7-3-2-4-8-20)18-26-28-24-10-6-5-9-21(24)15-16-27(28)30-29(25)26/h2-18H,1H3. The molecular weight excluding hydrogens is 380 g/mol. The fourth-order valence-corrected chi connectivity index (χ4v) is 5.63. The highest BCUT2D eigenvalue weighted by molar-refractivity contribution is 7.26. The zero-order chi connectivity index (χ0) is 20.1. The first-order valence-electron chi connectivity index (χ1n) is 10.3. The fourth-order valence-electron chi connectivity index (χ4n) is 4.39. The zero-order valence-electron chi connectivity index (χ0n) is 16.7. The van der Waals surface area contributed by atoms with Gasteiger partial charge in [-0.1, -0.05) is 90.5 Å². The Bertz CT molecular complexity index is 1520. The van der Waals surface area contributed by atoms with Gasteiger partial charge in [0.2, 0.25) is 0 Å². The fraction of sp³-hybridized carbons (Fsp3) is 0.0345. The second kappa shape index (κ2) is 6.83. The Morgan fingerprint density at radius 1 is 0.567 bits per heavy atom. The molecule has 0 bridgehead atoms. The third kappa shape index (κ3) is 2.74. The molecule has 6 aromatic rings. The molecule has 0 unspecified atom stereocenters. The van der Waals surface area contributed by atoms with Gasteiger partial charge in [-0.25, -0.2) is 0 Å². The van der Waals surface area contributed by atoms with Gasteiger partial charge in [-0.05, 0) is 52.6 Å². The van der Waals surface area contributed by atoms with E-state index in [0.717, 1.165) is 0 Å². The topological polar surface area (TPSA) is 0 Å². The number of thiophene rings is 1. The quantitative estimate of drug-likeness (QED) is 0.272. The molecule has 0 radical (unpaired) electrons. The Balaban J connectivity index is 1.77. The highest BCUT2D eigenvalue weighted by Gasteiger charge is 2.15. The maximum Gasteiger partial charge on any atom is 0.0434 e. The van der Waals surface area contributed by atoms with Gasteiger partial charge in [-0.15, -0.1) is 11.3 Å². The normalized spacial score (nSPS) is 11.5. The molecule has 6 rings (SSSR count). The van der Waals surface area contributed by atoms with Crippen molar-refractivity contribution in [3.05, 3.63) is 109 Å². The van der Waals surface area contributed by atoms with E-state index in [2.05, 4.69) is 110 Å². The number of benzene rings is 5. The van der Waals surface area contributed by atoms with Crippen LogP contribution in [-0.2, 0) is 0 Å². The predicted octanol–water partition coefficient (Wildman–Crippen LogP) is 8.85. The van der Waals surface area contributed by atoms with Gasteiger partial charge >= 0.3 is 0 Å². The van der Waals surface area contributed by atoms with Crippen LogP contribution in [0.25, 0.3) is 53.2 Å². The lowest BCUT2D eigenvalue weighted by Crippen LogP contribution is -1.84. The molecule has 0 aliphatic carbocycles. The second-order valence-corrected chi connectivity index (χ2v) is 8.95. The summed E-state index contributed by atoms with van der Waals surface area (Å²) in [4.78, 5) is 0. The number of hydrogen-bond acceptors (Lipinski definition) is 1. The molecule has 0 amide bonds. The summed E-state index contributed by atoms with van der Waals surface area (Å²) in [5, 5.41) is 5.36. The molecular formula is C29H20S. The molecule has 0 saturated heterocycles. The molecule has 0 aliphatic heterocycles. The monoisotopic (exact) mass is 400 g/mol. The van der Waals surface area contributed by atoms with Crippen molar-refractivity contribution in [1.82, 2.24) is 0 Å². The number of fused-ring (bicyclic) bond motifs is 5. The van der Waals surface area contributed by atoms with Gasteiger partial charge in [0, 0.05) is 25.7 Å². The molecule has 0 atom stereocenters. The molecule has 1 heterocycles. The van der Waals surface area contributed by atoms with Crippen LogP contribution < -0.4 is 0 Å². The molecule has 1 heteroatoms. The molecule has 30 heavy (non-hydrogen) atoms. The van der Waals surface area contributed by atoms with Crippen molar-refractivity contribution in [2.45, 2.75) is 6.92 Å². The van der Waals surface area contributed by atoms with Crippen LogP contribution in [0.4, 0.5) is 0 Å². The average Bonchev–Trinajstić information content (AvgIpc) is 3.19. The summed E-state index contributed by atoms with van der Waals surface area (Å²) in [7, 11) is 0. The van der Waals surface area contributed by atoms with Crippen molar-refractivity contribution in [1.29, 1.82) is 0 Å². The zero-order valence-corrected chi connectivity index (χ0v) is 17.5. The minimum absolute atomic E-state index is 1.26. The van der Waals surface area contributed by atoms with Crippen molar-refractivity contribution >= 4 is 42.3 Å². The Hall–Kier alpha value is -3.42. The molecule has 1 aromatic heterocycles. The van der Waals surface area contributed by atoms with Crippen LogP contribution in [0.3, 0.4) is 0 Å². The molecule has 0 aliphatic rings. The van der Waals surface area contributed by atoms with Crippen LogP contribution in [0.1, 0.15) is 5.56 Å². The minimum atomic E-state index is 1.26. The van der Waals surface area contributed by atoms with E-state index in [-0.39, 0.29) is 0 Å². The molecule has 0 N–H and O–H groups in total. The lowest BCUT2D eigenvalue weighted by atomic mass is 9.94. The van der Waals surface area contributed by atoms with Gasteiger partial charge in [0.1, 0.15) is 0 Å². The summed E-state index contributed by atoms with van der Waals surface area (Å²) in [6.07, 6.45) is 0. The summed E-state index contributed by atoms with van der Waals surface area (Å²) in [5.74, 6) is 0. The molecule has 142 valence electrons. The van der Waals surface area contributed by atoms with Crippen LogP contribution in [0.5, 0.6) is 0 Å². The van der Waals surface area contributed by atoms with Crippen LogP contribution >= 0.6 is 11.3 Å². The Labute approximate surface area is 180 Å². The van der Waals surface area contributed by atoms with Crippen LogP contribution in [0.2, 0.25) is 0 Å². The van der Waals surface area contributed by atoms with Gasteiger partial charge < -0.3 is 0 Å². The first-order valence-corrected chi connectivity index (χ1v) is 11.1. The average molecular weight is 401 g/mol. The van der Waals surface area contributed by atoms with Crippen molar-refractivity contribution in [3.8, 4) is 22.3 Å². The Morgan fingerprint density at radius 3 is 2.17 bits per heavy atom. The van der Waals surface area contributed by atoms with Gasteiger partial charge in [-0.2, -0.15) is 0 Å². The van der Waals surface area contributed by atoms with Crippen molar-refractivity contribution in [3.63, 3.8) is 0 Å². The first kappa shape index (κ1) is 17.4. The summed E-state index contributed by atoms with van der Waals surface area (Å²) >= 11 is 1.91. The van der Waals surface area contributed by atoms with Crippen LogP contribution in [0.15, 0.2) is 103 Å². The Morgan fingerprint density at radius 2 is 1.33 bits per heavy atom. The number of rotatable bonds is 2. The van der Waals surface area contributed by atoms with E-state index >= 15 is 0 Å². The number of aryl methyl sites for hydroxylation is 1. The molecule has 0 saturated carbocycles. The van der Waals surface area contributed by atoms with Gasteiger partial charge in [0.25, 0.3) is 0 Å². The molecule has 0 spiro atoms. The van der Waals surface area contributed by atoms with E-state index in [1.54, 1.807) is 0 Å². The van der Waals surface area contributed by atoms with Gasteiger partial charge in [0.15, 0.2) is 0 Å². The minimum Gasteiger partial charge on any atom is -0.135 e. The molecule has 5 aromatic carbocycles. The van der Waals surface area contributed by atoms with Crippen LogP contribution in [0, 0.1) is 6.92 Å². The third-order valence-corrected chi connectivity index (χ3v) is 7.13. The van der Waals surface area contributed by atoms with E-state index in [1.807, 2.05) is 11.3 Å². The van der Waals surface area contributed by atoms with E-state index in [9.17, 15) is 0 Å². The lowest BCUT2D eigenvalue weighted by Gasteiger charge is -2.10. The second-order valence-electron chi connectivity index (χ2n) is 7.89. The van der Waals surface area contributed by atoms with E-state index < -0.39 is 0 Å². The predicted molar refractivity (Wildman–Crippen MR) is 132 cm³/mol. The van der Waals surface area contributed by atoms with E-state index in [4.69, 9.17) is 0 Å². The smallest absolute Gasteiger partial charge is 0.0434 e. The highest BCUT2D eigenvalue weighted by atomic mass is 32.1. The lowest BCUT2D eigenvalue weighted by molar-refractivity contribution is 1.47. The summed E-state index contributed by atoms with van der Waals surface area (Å²) in [6, 6.07) is 37.6. The summed E-state index contributed by atoms with van der Waals surface area (Å²) in [6.45, 7) is 2.14. The van der Waals surface area contributed by atoms with Gasteiger partial charge in [0.05, 0.1) is 0 Å². The molecule has 0 fully saturated rings. The number of hydrogen-bond donors (Lipinski definition) is 0. The Kier molecular flexibility index (Phi) is 3.97. The molecule has 0 nitrogen and oxygen atoms in total. The van der Waals surface area contributed by atoms with Crippen LogP contribution in [-0.4, -0.2) is 0 Å². The maximum absolute atomic E-state index is 2.38. The van der Waals surface area contributed by atoms with E-state index in [0.29, 0.717) is 0 Å². The van der Waals surface area contributed by atoms with Crippen molar-refractivity contribution < 1.29 is 0 Å². The van der Waals surface area contributed by atoms with Crippen molar-refractivity contribution in [2.75, 3.05) is 0 Å². The van der Waals surface area contributed by atoms with Gasteiger partial charge in [-0.3, -0.25) is 0 Å². The van der Waals surface area contributed by atoms with Crippen molar-refractivity contribution in [2.24, 2.45) is 0 Å². The maximum atomic E-state index is 2.38. The summed E-state index contributed by atoms with van der Waals surface area (Å²) in [5.41, 5.74) is 6.41. The largest absolute Gasteiger partial charge is 0.135 e. The first-order chi connectivity index (χ1) is 14.8. The third-order valence-electron chi connectivity index (χ3n) is 5.93. The summed E-state index contributed by atoms with van der Waals surface area (Å²) < 4.78 is 2.71. The highest BCUT2D eigenvalue weighted by Crippen LogP contribution is 2.44. The van der Waals surface area contributed by atoms with E-state index in [1.165, 1.54) is 58.8 Å².